The summed E-state index contributed by atoms with van der Waals surface area (Å²) in [7, 11) is 0. The maximum absolute atomic E-state index is 10.1. The van der Waals surface area contributed by atoms with Crippen LogP contribution in [-0.4, -0.2) is 17.0 Å². The number of hydroxylamine groups is 1. The Labute approximate surface area is 84.6 Å². The Morgan fingerprint density at radius 1 is 1.21 bits per heavy atom. The van der Waals surface area contributed by atoms with Crippen molar-refractivity contribution in [2.24, 2.45) is 5.73 Å². The molecule has 0 aliphatic heterocycles. The second-order valence-corrected chi connectivity index (χ2v) is 2.85. The van der Waals surface area contributed by atoms with Gasteiger partial charge in [0.05, 0.1) is 0 Å². The van der Waals surface area contributed by atoms with Gasteiger partial charge in [0.15, 0.2) is 0 Å². The van der Waals surface area contributed by atoms with Crippen LogP contribution in [0.3, 0.4) is 0 Å². The van der Waals surface area contributed by atoms with E-state index in [4.69, 9.17) is 10.9 Å². The van der Waals surface area contributed by atoms with Crippen molar-refractivity contribution in [3.8, 4) is 0 Å². The summed E-state index contributed by atoms with van der Waals surface area (Å²) < 4.78 is 0. The Hall–Kier alpha value is -1.10. The van der Waals surface area contributed by atoms with Gasteiger partial charge in [0, 0.05) is 12.8 Å². The molecule has 4 N–H and O–H groups in total. The van der Waals surface area contributed by atoms with E-state index in [1.54, 1.807) is 0 Å². The molecule has 0 radical (unpaired) electrons. The topological polar surface area (TPSA) is 92.4 Å². The molecule has 0 aromatic rings. The standard InChI is InChI=1S/C5H12.C4H8N2O3/c1-3-5-4-2;5-3(7)1-2-4(8)6-9/h3-5H2,1-2H3;9H,1-2H2,(H2,5,7)(H,6,8). The number of primary amides is 1. The van der Waals surface area contributed by atoms with E-state index >= 15 is 0 Å². The zero-order valence-corrected chi connectivity index (χ0v) is 8.88. The number of carbonyl (C=O) groups is 2. The molecule has 0 saturated heterocycles. The number of nitrogens with one attached hydrogen (secondary N) is 1. The van der Waals surface area contributed by atoms with E-state index in [0.717, 1.165) is 0 Å². The summed E-state index contributed by atoms with van der Waals surface area (Å²) >= 11 is 0. The largest absolute Gasteiger partial charge is 0.370 e. The van der Waals surface area contributed by atoms with Crippen LogP contribution in [0.25, 0.3) is 0 Å². The molecule has 0 unspecified atom stereocenters. The van der Waals surface area contributed by atoms with E-state index < -0.39 is 11.8 Å². The molecule has 0 bridgehead atoms. The first kappa shape index (κ1) is 15.4. The van der Waals surface area contributed by atoms with Gasteiger partial charge in [-0.1, -0.05) is 33.1 Å². The highest BCUT2D eigenvalue weighted by Crippen LogP contribution is 1.88. The van der Waals surface area contributed by atoms with Crippen molar-refractivity contribution >= 4 is 11.8 Å². The van der Waals surface area contributed by atoms with Crippen LogP contribution in [0, 0.1) is 0 Å². The second-order valence-electron chi connectivity index (χ2n) is 2.85. The number of carbonyl (C=O) groups excluding carboxylic acids is 2. The van der Waals surface area contributed by atoms with Crippen molar-refractivity contribution in [3.05, 3.63) is 0 Å². The summed E-state index contributed by atoms with van der Waals surface area (Å²) in [5.74, 6) is -1.16. The van der Waals surface area contributed by atoms with Gasteiger partial charge in [-0.2, -0.15) is 0 Å². The zero-order chi connectivity index (χ0) is 11.4. The average Bonchev–Trinajstić information content (AvgIpc) is 2.16. The molecule has 0 fully saturated rings. The van der Waals surface area contributed by atoms with Gasteiger partial charge < -0.3 is 5.73 Å². The van der Waals surface area contributed by atoms with E-state index in [0.29, 0.717) is 0 Å². The van der Waals surface area contributed by atoms with Gasteiger partial charge in [0.2, 0.25) is 11.8 Å². The van der Waals surface area contributed by atoms with E-state index in [9.17, 15) is 9.59 Å². The fourth-order valence-corrected chi connectivity index (χ4v) is 0.646. The van der Waals surface area contributed by atoms with Gasteiger partial charge in [-0.05, 0) is 0 Å². The predicted octanol–water partition coefficient (Wildman–Crippen LogP) is 0.954. The Morgan fingerprint density at radius 3 is 1.93 bits per heavy atom. The second kappa shape index (κ2) is 11.9. The lowest BCUT2D eigenvalue weighted by molar-refractivity contribution is -0.131. The van der Waals surface area contributed by atoms with Gasteiger partial charge in [-0.3, -0.25) is 14.8 Å². The van der Waals surface area contributed by atoms with Crippen LogP contribution < -0.4 is 11.2 Å². The lowest BCUT2D eigenvalue weighted by Gasteiger charge is -1.92. The Bertz CT molecular complexity index is 158. The number of hydrogen-bond acceptors (Lipinski definition) is 3. The van der Waals surface area contributed by atoms with Gasteiger partial charge in [0.25, 0.3) is 0 Å². The molecular formula is C9H20N2O3. The fourth-order valence-electron chi connectivity index (χ4n) is 0.646. The molecule has 2 amide bonds. The molecule has 14 heavy (non-hydrogen) atoms. The third-order valence-electron chi connectivity index (χ3n) is 1.43. The Balaban J connectivity index is 0. The molecule has 0 heterocycles. The predicted molar refractivity (Wildman–Crippen MR) is 53.6 cm³/mol. The molecule has 0 aromatic carbocycles. The summed E-state index contributed by atoms with van der Waals surface area (Å²) in [6.07, 6.45) is 3.98. The lowest BCUT2D eigenvalue weighted by atomic mass is 10.3. The highest BCUT2D eigenvalue weighted by atomic mass is 16.5. The molecule has 0 atom stereocenters. The minimum absolute atomic E-state index is 0.0353. The van der Waals surface area contributed by atoms with Crippen LogP contribution in [0.2, 0.25) is 0 Å². The molecule has 0 rings (SSSR count). The van der Waals surface area contributed by atoms with Crippen molar-refractivity contribution in [1.82, 2.24) is 5.48 Å². The summed E-state index contributed by atoms with van der Waals surface area (Å²) in [5.41, 5.74) is 6.07. The highest BCUT2D eigenvalue weighted by molar-refractivity contribution is 5.82. The first-order valence-electron chi connectivity index (χ1n) is 4.79. The zero-order valence-electron chi connectivity index (χ0n) is 8.88. The molecule has 0 saturated carbocycles. The number of nitrogens with two attached hydrogens (primary N) is 1. The molecule has 5 nitrogen and oxygen atoms in total. The van der Waals surface area contributed by atoms with Gasteiger partial charge in [-0.15, -0.1) is 0 Å². The number of unbranched alkanes of at least 4 members (excludes halogenated alkanes) is 2. The molecule has 0 spiro atoms. The Kier molecular flexibility index (Phi) is 13.1. The summed E-state index contributed by atoms with van der Waals surface area (Å²) in [4.78, 5) is 20.1. The van der Waals surface area contributed by atoms with Crippen LogP contribution in [0.15, 0.2) is 0 Å². The van der Waals surface area contributed by atoms with Crippen molar-refractivity contribution < 1.29 is 14.8 Å². The minimum Gasteiger partial charge on any atom is -0.370 e. The molecule has 0 aliphatic rings. The maximum Gasteiger partial charge on any atom is 0.243 e. The molecule has 5 heteroatoms. The van der Waals surface area contributed by atoms with E-state index in [1.165, 1.54) is 24.7 Å². The molecular weight excluding hydrogens is 184 g/mol. The van der Waals surface area contributed by atoms with Gasteiger partial charge in [-0.25, -0.2) is 5.48 Å². The first-order chi connectivity index (χ1) is 6.58. The normalized spacial score (nSPS) is 8.50. The van der Waals surface area contributed by atoms with E-state index in [1.807, 2.05) is 0 Å². The van der Waals surface area contributed by atoms with Crippen LogP contribution in [-0.2, 0) is 9.59 Å². The van der Waals surface area contributed by atoms with Crippen molar-refractivity contribution in [1.29, 1.82) is 0 Å². The molecule has 0 aliphatic carbocycles. The number of amides is 2. The molecule has 84 valence electrons. The summed E-state index contributed by atoms with van der Waals surface area (Å²) in [6, 6.07) is 0. The van der Waals surface area contributed by atoms with Crippen LogP contribution >= 0.6 is 0 Å². The summed E-state index contributed by atoms with van der Waals surface area (Å²) in [5, 5.41) is 7.90. The highest BCUT2D eigenvalue weighted by Gasteiger charge is 2.00. The van der Waals surface area contributed by atoms with E-state index in [-0.39, 0.29) is 12.8 Å². The van der Waals surface area contributed by atoms with Crippen LogP contribution in [0.4, 0.5) is 0 Å². The van der Waals surface area contributed by atoms with Crippen molar-refractivity contribution in [3.63, 3.8) is 0 Å². The maximum atomic E-state index is 10.1. The van der Waals surface area contributed by atoms with Crippen LogP contribution in [0.1, 0.15) is 46.0 Å². The van der Waals surface area contributed by atoms with Crippen molar-refractivity contribution in [2.45, 2.75) is 46.0 Å². The Morgan fingerprint density at radius 2 is 1.71 bits per heavy atom. The average molecular weight is 204 g/mol. The van der Waals surface area contributed by atoms with Gasteiger partial charge in [0.1, 0.15) is 0 Å². The van der Waals surface area contributed by atoms with Gasteiger partial charge >= 0.3 is 0 Å². The smallest absolute Gasteiger partial charge is 0.243 e. The first-order valence-corrected chi connectivity index (χ1v) is 4.79. The van der Waals surface area contributed by atoms with E-state index in [2.05, 4.69) is 13.8 Å². The third kappa shape index (κ3) is 17.1. The monoisotopic (exact) mass is 204 g/mol. The minimum atomic E-state index is -0.603. The van der Waals surface area contributed by atoms with Crippen molar-refractivity contribution in [2.75, 3.05) is 0 Å². The summed E-state index contributed by atoms with van der Waals surface area (Å²) in [6.45, 7) is 4.42. The number of rotatable bonds is 5. The quantitative estimate of drug-likeness (QED) is 0.460. The molecule has 0 aromatic heterocycles. The lowest BCUT2D eigenvalue weighted by Crippen LogP contribution is -2.21. The van der Waals surface area contributed by atoms with Crippen LogP contribution in [0.5, 0.6) is 0 Å². The fraction of sp³-hybridized carbons (Fsp3) is 0.778. The number of hydrogen-bond donors (Lipinski definition) is 3. The SMILES string of the molecule is CCCCC.NC(=O)CCC(=O)NO. The third-order valence-corrected chi connectivity index (χ3v) is 1.43.